The van der Waals surface area contributed by atoms with Crippen LogP contribution in [0.1, 0.15) is 17.0 Å². The van der Waals surface area contributed by atoms with Crippen LogP contribution in [0.4, 0.5) is 10.5 Å². The Morgan fingerprint density at radius 1 is 1.40 bits per heavy atom. The van der Waals surface area contributed by atoms with Crippen molar-refractivity contribution in [2.75, 3.05) is 11.9 Å². The van der Waals surface area contributed by atoms with Gasteiger partial charge >= 0.3 is 6.03 Å². The molecule has 20 heavy (non-hydrogen) atoms. The van der Waals surface area contributed by atoms with Crippen molar-refractivity contribution in [2.24, 2.45) is 7.05 Å². The van der Waals surface area contributed by atoms with Crippen LogP contribution in [0.2, 0.25) is 0 Å². The maximum absolute atomic E-state index is 12.3. The largest absolute Gasteiger partial charge is 0.336 e. The van der Waals surface area contributed by atoms with Crippen LogP contribution in [0.3, 0.4) is 0 Å². The van der Waals surface area contributed by atoms with Gasteiger partial charge in [0.1, 0.15) is 0 Å². The van der Waals surface area contributed by atoms with Gasteiger partial charge in [-0.15, -0.1) is 0 Å². The van der Waals surface area contributed by atoms with E-state index in [1.165, 1.54) is 0 Å². The predicted molar refractivity (Wildman–Crippen MR) is 77.5 cm³/mol. The summed E-state index contributed by atoms with van der Waals surface area (Å²) in [5.41, 5.74) is 4.20. The lowest BCUT2D eigenvalue weighted by atomic mass is 10.1. The van der Waals surface area contributed by atoms with Gasteiger partial charge in [-0.1, -0.05) is 12.1 Å². The lowest BCUT2D eigenvalue weighted by molar-refractivity contribution is 0.204. The number of nitrogens with zero attached hydrogens (tertiary/aromatic N) is 3. The molecule has 2 heterocycles. The molecule has 1 aromatic heterocycles. The predicted octanol–water partition coefficient (Wildman–Crippen LogP) is 2.32. The molecule has 0 spiro atoms. The van der Waals surface area contributed by atoms with Crippen LogP contribution in [-0.4, -0.2) is 27.0 Å². The van der Waals surface area contributed by atoms with Crippen molar-refractivity contribution in [1.82, 2.24) is 14.5 Å². The molecule has 2 aromatic rings. The van der Waals surface area contributed by atoms with Crippen LogP contribution in [0, 0.1) is 6.92 Å². The highest BCUT2D eigenvalue weighted by Gasteiger charge is 2.23. The number of hydrogen-bond donors (Lipinski definition) is 1. The van der Waals surface area contributed by atoms with Gasteiger partial charge in [0.2, 0.25) is 0 Å². The van der Waals surface area contributed by atoms with E-state index in [0.29, 0.717) is 13.1 Å². The second-order valence-electron chi connectivity index (χ2n) is 5.22. The van der Waals surface area contributed by atoms with Gasteiger partial charge in [-0.25, -0.2) is 9.78 Å². The average molecular weight is 270 g/mol. The maximum atomic E-state index is 12.3. The Morgan fingerprint density at radius 3 is 3.05 bits per heavy atom. The van der Waals surface area contributed by atoms with Crippen molar-refractivity contribution in [2.45, 2.75) is 19.9 Å². The van der Waals surface area contributed by atoms with Crippen molar-refractivity contribution in [3.63, 3.8) is 0 Å². The van der Waals surface area contributed by atoms with Gasteiger partial charge in [0.25, 0.3) is 0 Å². The molecule has 1 aliphatic rings. The van der Waals surface area contributed by atoms with E-state index >= 15 is 0 Å². The number of carbonyl (C=O) groups is 1. The minimum atomic E-state index is -0.0533. The summed E-state index contributed by atoms with van der Waals surface area (Å²) in [6.45, 7) is 3.34. The number of benzene rings is 1. The SMILES string of the molecule is Cc1cccc(NC(=O)N2CCc3ncn(C)c3C2)c1. The number of imidazole rings is 1. The molecule has 0 bridgehead atoms. The summed E-state index contributed by atoms with van der Waals surface area (Å²) in [4.78, 5) is 18.5. The van der Waals surface area contributed by atoms with Crippen LogP contribution in [-0.2, 0) is 20.0 Å². The van der Waals surface area contributed by atoms with Crippen molar-refractivity contribution in [3.05, 3.63) is 47.5 Å². The maximum Gasteiger partial charge on any atom is 0.322 e. The van der Waals surface area contributed by atoms with Gasteiger partial charge in [-0.2, -0.15) is 0 Å². The summed E-state index contributed by atoms with van der Waals surface area (Å²) in [5, 5.41) is 2.95. The zero-order valence-electron chi connectivity index (χ0n) is 11.8. The minimum absolute atomic E-state index is 0.0533. The molecule has 104 valence electrons. The van der Waals surface area contributed by atoms with Gasteiger partial charge in [0.15, 0.2) is 0 Å². The molecule has 0 saturated heterocycles. The number of amides is 2. The smallest absolute Gasteiger partial charge is 0.322 e. The molecular weight excluding hydrogens is 252 g/mol. The second kappa shape index (κ2) is 5.00. The van der Waals surface area contributed by atoms with Crippen molar-refractivity contribution in [1.29, 1.82) is 0 Å². The number of aromatic nitrogens is 2. The summed E-state index contributed by atoms with van der Waals surface area (Å²) in [6.07, 6.45) is 2.63. The van der Waals surface area contributed by atoms with Gasteiger partial charge in [-0.05, 0) is 24.6 Å². The van der Waals surface area contributed by atoms with E-state index in [-0.39, 0.29) is 6.03 Å². The zero-order chi connectivity index (χ0) is 14.1. The topological polar surface area (TPSA) is 50.2 Å². The molecule has 5 heteroatoms. The quantitative estimate of drug-likeness (QED) is 0.864. The van der Waals surface area contributed by atoms with E-state index in [1.54, 1.807) is 0 Å². The summed E-state index contributed by atoms with van der Waals surface area (Å²) >= 11 is 0. The Morgan fingerprint density at radius 2 is 2.25 bits per heavy atom. The second-order valence-corrected chi connectivity index (χ2v) is 5.22. The standard InChI is InChI=1S/C15H18N4O/c1-11-4-3-5-12(8-11)17-15(20)19-7-6-13-14(9-19)18(2)10-16-13/h3-5,8,10H,6-7,9H2,1-2H3,(H,17,20). The first kappa shape index (κ1) is 12.7. The van der Waals surface area contributed by atoms with Gasteiger partial charge < -0.3 is 14.8 Å². The van der Waals surface area contributed by atoms with E-state index in [4.69, 9.17) is 0 Å². The number of anilines is 1. The first-order chi connectivity index (χ1) is 9.63. The lowest BCUT2D eigenvalue weighted by Crippen LogP contribution is -2.39. The molecule has 0 atom stereocenters. The van der Waals surface area contributed by atoms with Gasteiger partial charge in [0.05, 0.1) is 24.3 Å². The molecule has 1 aromatic carbocycles. The fourth-order valence-electron chi connectivity index (χ4n) is 2.52. The van der Waals surface area contributed by atoms with Crippen LogP contribution in [0.5, 0.6) is 0 Å². The Bertz CT molecular complexity index is 647. The van der Waals surface area contributed by atoms with Crippen LogP contribution in [0.25, 0.3) is 0 Å². The summed E-state index contributed by atoms with van der Waals surface area (Å²) in [7, 11) is 1.97. The van der Waals surface area contributed by atoms with Crippen molar-refractivity contribution in [3.8, 4) is 0 Å². The Kier molecular flexibility index (Phi) is 3.18. The molecule has 2 amide bonds. The number of urea groups is 1. The van der Waals surface area contributed by atoms with E-state index in [0.717, 1.165) is 29.1 Å². The van der Waals surface area contributed by atoms with Crippen molar-refractivity contribution >= 4 is 11.7 Å². The van der Waals surface area contributed by atoms with Crippen LogP contribution >= 0.6 is 0 Å². The third-order valence-electron chi connectivity index (χ3n) is 3.66. The van der Waals surface area contributed by atoms with Crippen molar-refractivity contribution < 1.29 is 4.79 Å². The highest BCUT2D eigenvalue weighted by molar-refractivity contribution is 5.89. The highest BCUT2D eigenvalue weighted by Crippen LogP contribution is 2.18. The molecular formula is C15H18N4O. The molecule has 5 nitrogen and oxygen atoms in total. The Labute approximate surface area is 118 Å². The fraction of sp³-hybridized carbons (Fsp3) is 0.333. The normalized spacial score (nSPS) is 14.0. The minimum Gasteiger partial charge on any atom is -0.336 e. The fourth-order valence-corrected chi connectivity index (χ4v) is 2.52. The molecule has 3 rings (SSSR count). The Balaban J connectivity index is 1.71. The van der Waals surface area contributed by atoms with Crippen LogP contribution < -0.4 is 5.32 Å². The number of fused-ring (bicyclic) bond motifs is 1. The molecule has 0 fully saturated rings. The average Bonchev–Trinajstić information content (AvgIpc) is 2.80. The monoisotopic (exact) mass is 270 g/mol. The molecule has 0 aliphatic carbocycles. The molecule has 1 N–H and O–H groups in total. The zero-order valence-corrected chi connectivity index (χ0v) is 11.8. The number of rotatable bonds is 1. The van der Waals surface area contributed by atoms with Gasteiger partial charge in [0, 0.05) is 25.7 Å². The number of hydrogen-bond acceptors (Lipinski definition) is 2. The molecule has 0 unspecified atom stereocenters. The number of carbonyl (C=O) groups excluding carboxylic acids is 1. The van der Waals surface area contributed by atoms with E-state index in [1.807, 2.05) is 54.0 Å². The first-order valence-corrected chi connectivity index (χ1v) is 6.75. The number of aryl methyl sites for hydroxylation is 2. The summed E-state index contributed by atoms with van der Waals surface area (Å²) < 4.78 is 1.99. The van der Waals surface area contributed by atoms with E-state index in [2.05, 4.69) is 10.3 Å². The molecule has 0 radical (unpaired) electrons. The first-order valence-electron chi connectivity index (χ1n) is 6.75. The Hall–Kier alpha value is -2.30. The summed E-state index contributed by atoms with van der Waals surface area (Å²) in [5.74, 6) is 0. The molecule has 0 saturated carbocycles. The van der Waals surface area contributed by atoms with E-state index < -0.39 is 0 Å². The lowest BCUT2D eigenvalue weighted by Gasteiger charge is -2.27. The van der Waals surface area contributed by atoms with Crippen LogP contribution in [0.15, 0.2) is 30.6 Å². The third-order valence-corrected chi connectivity index (χ3v) is 3.66. The highest BCUT2D eigenvalue weighted by atomic mass is 16.2. The molecule has 1 aliphatic heterocycles. The summed E-state index contributed by atoms with van der Waals surface area (Å²) in [6, 6.07) is 7.78. The third kappa shape index (κ3) is 2.39. The van der Waals surface area contributed by atoms with E-state index in [9.17, 15) is 4.79 Å². The number of nitrogens with one attached hydrogen (secondary N) is 1. The van der Waals surface area contributed by atoms with Gasteiger partial charge in [-0.3, -0.25) is 0 Å².